The van der Waals surface area contributed by atoms with E-state index in [1.165, 1.54) is 4.90 Å². The monoisotopic (exact) mass is 490 g/mol. The molecule has 3 saturated heterocycles. The van der Waals surface area contributed by atoms with Crippen molar-refractivity contribution >= 4 is 17.8 Å². The van der Waals surface area contributed by atoms with Crippen molar-refractivity contribution < 1.29 is 29.0 Å². The predicted molar refractivity (Wildman–Crippen MR) is 132 cm³/mol. The largest absolute Gasteiger partial charge is 0.465 e. The molecule has 3 fully saturated rings. The Labute approximate surface area is 209 Å². The molecule has 8 nitrogen and oxygen atoms in total. The first kappa shape index (κ1) is 27.4. The van der Waals surface area contributed by atoms with Gasteiger partial charge in [0.1, 0.15) is 17.6 Å². The first-order valence-corrected chi connectivity index (χ1v) is 13.1. The molecule has 0 saturated carbocycles. The Bertz CT molecular complexity index is 830. The Kier molecular flexibility index (Phi) is 8.81. The quantitative estimate of drug-likeness (QED) is 0.229. The van der Waals surface area contributed by atoms with Crippen molar-refractivity contribution in [3.05, 3.63) is 25.3 Å². The third kappa shape index (κ3) is 4.55. The normalized spacial score (nSPS) is 31.8. The number of carbonyl (C=O) groups excluding carboxylic acids is 3. The molecule has 1 spiro atoms. The first-order chi connectivity index (χ1) is 16.8. The van der Waals surface area contributed by atoms with Crippen LogP contribution in [0, 0.1) is 11.8 Å². The van der Waals surface area contributed by atoms with Gasteiger partial charge in [0, 0.05) is 13.1 Å². The van der Waals surface area contributed by atoms with E-state index in [2.05, 4.69) is 20.1 Å². The summed E-state index contributed by atoms with van der Waals surface area (Å²) in [6, 6.07) is -1.49. The highest BCUT2D eigenvalue weighted by atomic mass is 16.6. The molecule has 0 aromatic heterocycles. The van der Waals surface area contributed by atoms with Crippen molar-refractivity contribution in [1.82, 2.24) is 9.80 Å². The van der Waals surface area contributed by atoms with Crippen molar-refractivity contribution in [2.75, 3.05) is 26.3 Å². The van der Waals surface area contributed by atoms with Crippen LogP contribution in [0.2, 0.25) is 0 Å². The van der Waals surface area contributed by atoms with E-state index in [1.807, 2.05) is 6.92 Å². The van der Waals surface area contributed by atoms with Crippen LogP contribution in [0.1, 0.15) is 65.7 Å². The molecule has 8 heteroatoms. The van der Waals surface area contributed by atoms with Crippen molar-refractivity contribution in [2.45, 2.75) is 89.0 Å². The van der Waals surface area contributed by atoms with Gasteiger partial charge in [-0.2, -0.15) is 0 Å². The van der Waals surface area contributed by atoms with Gasteiger partial charge in [-0.1, -0.05) is 38.8 Å². The van der Waals surface area contributed by atoms with Crippen molar-refractivity contribution in [3.8, 4) is 0 Å². The minimum atomic E-state index is -1.11. The summed E-state index contributed by atoms with van der Waals surface area (Å²) < 4.78 is 12.3. The van der Waals surface area contributed by atoms with Gasteiger partial charge in [-0.05, 0) is 39.0 Å². The SMILES string of the molecule is C=CCCOC(=O)[C@@H]1[C@H]2C(=O)N([C@H](C)CO)C(C(=O)N(CC=C)CCCCC)C23CC[C@@]1(CC)O3. The smallest absolute Gasteiger partial charge is 0.312 e. The molecule has 3 rings (SSSR count). The molecule has 35 heavy (non-hydrogen) atoms. The molecule has 0 aromatic carbocycles. The van der Waals surface area contributed by atoms with E-state index in [1.54, 1.807) is 24.0 Å². The zero-order valence-corrected chi connectivity index (χ0v) is 21.5. The third-order valence-electron chi connectivity index (χ3n) is 8.10. The number of nitrogens with zero attached hydrogens (tertiary/aromatic N) is 2. The average molecular weight is 491 g/mol. The highest BCUT2D eigenvalue weighted by Gasteiger charge is 2.79. The number of ether oxygens (including phenoxy) is 2. The summed E-state index contributed by atoms with van der Waals surface area (Å²) in [6.07, 6.45) is 8.38. The van der Waals surface area contributed by atoms with Gasteiger partial charge in [0.25, 0.3) is 0 Å². The van der Waals surface area contributed by atoms with E-state index >= 15 is 0 Å². The molecular formula is C27H42N2O6. The number of hydrogen-bond donors (Lipinski definition) is 1. The van der Waals surface area contributed by atoms with Crippen LogP contribution < -0.4 is 0 Å². The molecule has 196 valence electrons. The minimum Gasteiger partial charge on any atom is -0.465 e. The summed E-state index contributed by atoms with van der Waals surface area (Å²) in [5.41, 5.74) is -1.94. The lowest BCUT2D eigenvalue weighted by Gasteiger charge is -2.38. The number of rotatable bonds is 14. The zero-order valence-electron chi connectivity index (χ0n) is 21.5. The zero-order chi connectivity index (χ0) is 25.8. The third-order valence-corrected chi connectivity index (χ3v) is 8.10. The second-order valence-corrected chi connectivity index (χ2v) is 10.1. The average Bonchev–Trinajstić information content (AvgIpc) is 3.46. The molecule has 3 aliphatic rings. The maximum atomic E-state index is 14.1. The fourth-order valence-electron chi connectivity index (χ4n) is 6.36. The molecule has 3 heterocycles. The fraction of sp³-hybridized carbons (Fsp3) is 0.741. The Hall–Kier alpha value is -2.19. The van der Waals surface area contributed by atoms with E-state index in [-0.39, 0.29) is 25.0 Å². The lowest BCUT2D eigenvalue weighted by atomic mass is 9.65. The number of esters is 1. The van der Waals surface area contributed by atoms with Crippen LogP contribution in [0.25, 0.3) is 0 Å². The summed E-state index contributed by atoms with van der Waals surface area (Å²) in [5.74, 6) is -2.55. The van der Waals surface area contributed by atoms with Gasteiger partial charge in [-0.3, -0.25) is 14.4 Å². The van der Waals surface area contributed by atoms with Gasteiger partial charge in [-0.25, -0.2) is 0 Å². The predicted octanol–water partition coefficient (Wildman–Crippen LogP) is 2.85. The maximum Gasteiger partial charge on any atom is 0.312 e. The second kappa shape index (κ2) is 11.2. The van der Waals surface area contributed by atoms with Gasteiger partial charge in [0.2, 0.25) is 11.8 Å². The van der Waals surface area contributed by atoms with Gasteiger partial charge in [0.05, 0.1) is 30.8 Å². The molecule has 1 N–H and O–H groups in total. The molecule has 0 aromatic rings. The number of carbonyl (C=O) groups is 3. The van der Waals surface area contributed by atoms with Gasteiger partial charge < -0.3 is 24.4 Å². The Balaban J connectivity index is 2.03. The summed E-state index contributed by atoms with van der Waals surface area (Å²) in [4.78, 5) is 44.6. The molecule has 2 bridgehead atoms. The molecule has 0 aliphatic carbocycles. The number of aliphatic hydroxyl groups is 1. The Morgan fingerprint density at radius 1 is 1.29 bits per heavy atom. The Morgan fingerprint density at radius 2 is 2.03 bits per heavy atom. The maximum absolute atomic E-state index is 14.1. The van der Waals surface area contributed by atoms with E-state index < -0.39 is 41.1 Å². The lowest BCUT2D eigenvalue weighted by molar-refractivity contribution is -0.163. The molecule has 2 unspecified atom stereocenters. The summed E-state index contributed by atoms with van der Waals surface area (Å²) >= 11 is 0. The highest BCUT2D eigenvalue weighted by Crippen LogP contribution is 2.64. The second-order valence-electron chi connectivity index (χ2n) is 10.1. The van der Waals surface area contributed by atoms with Crippen LogP contribution in [0.4, 0.5) is 0 Å². The summed E-state index contributed by atoms with van der Waals surface area (Å²) in [7, 11) is 0. The van der Waals surface area contributed by atoms with E-state index in [0.717, 1.165) is 19.3 Å². The first-order valence-electron chi connectivity index (χ1n) is 13.1. The molecule has 6 atom stereocenters. The molecule has 2 amide bonds. The van der Waals surface area contributed by atoms with E-state index in [4.69, 9.17) is 9.47 Å². The summed E-state index contributed by atoms with van der Waals surface area (Å²) in [6.45, 7) is 14.1. The molecule has 0 radical (unpaired) electrons. The summed E-state index contributed by atoms with van der Waals surface area (Å²) in [5, 5.41) is 10.00. The van der Waals surface area contributed by atoms with Crippen LogP contribution in [-0.4, -0.2) is 82.3 Å². The van der Waals surface area contributed by atoms with Gasteiger partial charge >= 0.3 is 5.97 Å². The van der Waals surface area contributed by atoms with Crippen molar-refractivity contribution in [2.24, 2.45) is 11.8 Å². The fourth-order valence-corrected chi connectivity index (χ4v) is 6.36. The van der Waals surface area contributed by atoms with Crippen molar-refractivity contribution in [1.29, 1.82) is 0 Å². The van der Waals surface area contributed by atoms with E-state index in [9.17, 15) is 19.5 Å². The van der Waals surface area contributed by atoms with Crippen molar-refractivity contribution in [3.63, 3.8) is 0 Å². The number of aliphatic hydroxyl groups excluding tert-OH is 1. The number of unbranched alkanes of at least 4 members (excludes halogenated alkanes) is 2. The number of likely N-dealkylation sites (tertiary alicyclic amines) is 1. The standard InChI is InChI=1S/C27H42N2O6/c1-6-10-12-16-28(15-8-3)24(32)22-27-14-13-26(9-4,35-27)21(25(33)34-17-11-7-2)20(27)23(31)29(22)19(5)18-30/h7-8,19-22,30H,2-3,6,9-18H2,1,4-5H3/t19-,20+,21+,22?,26-,27?/m1/s1. The number of amides is 2. The van der Waals surface area contributed by atoms with E-state index in [0.29, 0.717) is 38.8 Å². The Morgan fingerprint density at radius 3 is 2.63 bits per heavy atom. The van der Waals surface area contributed by atoms with Gasteiger partial charge in [-0.15, -0.1) is 13.2 Å². The topological polar surface area (TPSA) is 96.4 Å². The highest BCUT2D eigenvalue weighted by molar-refractivity contribution is 5.98. The van der Waals surface area contributed by atoms with Gasteiger partial charge in [0.15, 0.2) is 0 Å². The van der Waals surface area contributed by atoms with Crippen LogP contribution in [0.15, 0.2) is 25.3 Å². The number of fused-ring (bicyclic) bond motifs is 1. The lowest BCUT2D eigenvalue weighted by Crippen LogP contribution is -2.58. The number of hydrogen-bond acceptors (Lipinski definition) is 6. The minimum absolute atomic E-state index is 0.191. The van der Waals surface area contributed by atoms with Crippen LogP contribution in [-0.2, 0) is 23.9 Å². The van der Waals surface area contributed by atoms with Crippen LogP contribution >= 0.6 is 0 Å². The molecule has 3 aliphatic heterocycles. The van der Waals surface area contributed by atoms with Crippen LogP contribution in [0.3, 0.4) is 0 Å². The molecular weight excluding hydrogens is 448 g/mol. The van der Waals surface area contributed by atoms with Crippen LogP contribution in [0.5, 0.6) is 0 Å².